The second-order valence-electron chi connectivity index (χ2n) is 7.26. The van der Waals surface area contributed by atoms with Crippen LogP contribution >= 0.6 is 24.0 Å². The highest BCUT2D eigenvalue weighted by molar-refractivity contribution is 14.0. The fourth-order valence-corrected chi connectivity index (χ4v) is 3.28. The van der Waals surface area contributed by atoms with E-state index in [4.69, 9.17) is 4.74 Å². The van der Waals surface area contributed by atoms with E-state index in [1.165, 1.54) is 0 Å². The number of hydrogen-bond acceptors (Lipinski definition) is 4. The molecule has 0 radical (unpaired) electrons. The lowest BCUT2D eigenvalue weighted by Crippen LogP contribution is -2.49. The van der Waals surface area contributed by atoms with Gasteiger partial charge >= 0.3 is 0 Å². The normalized spacial score (nSPS) is 13.4. The molecule has 2 aromatic carbocycles. The molecule has 1 heterocycles. The summed E-state index contributed by atoms with van der Waals surface area (Å²) in [5.74, 6) is 1.21. The van der Waals surface area contributed by atoms with Crippen LogP contribution in [0.1, 0.15) is 21.5 Å². The van der Waals surface area contributed by atoms with Crippen LogP contribution in [-0.2, 0) is 17.9 Å². The Hall–Kier alpha value is -3.08. The Morgan fingerprint density at radius 2 is 1.91 bits per heavy atom. The minimum absolute atomic E-state index is 0. The monoisotopic (exact) mass is 563 g/mol. The average molecular weight is 563 g/mol. The van der Waals surface area contributed by atoms with E-state index in [1.54, 1.807) is 30.2 Å². The van der Waals surface area contributed by atoms with Crippen LogP contribution in [-0.4, -0.2) is 56.0 Å². The molecule has 2 amide bonds. The Kier molecular flexibility index (Phi) is 10.7. The Balaban J connectivity index is 0.00000385. The summed E-state index contributed by atoms with van der Waals surface area (Å²) >= 11 is 0. The van der Waals surface area contributed by atoms with Crippen molar-refractivity contribution in [3.63, 3.8) is 0 Å². The second kappa shape index (κ2) is 13.5. The summed E-state index contributed by atoms with van der Waals surface area (Å²) in [6.07, 6.45) is 1.72. The van der Waals surface area contributed by atoms with Gasteiger partial charge in [-0.3, -0.25) is 14.6 Å². The van der Waals surface area contributed by atoms with Crippen molar-refractivity contribution in [1.29, 1.82) is 0 Å². The number of nitrogens with zero attached hydrogens (tertiary/aromatic N) is 2. The van der Waals surface area contributed by atoms with E-state index in [1.807, 2.05) is 36.4 Å². The highest BCUT2D eigenvalue weighted by Gasteiger charge is 2.22. The fraction of sp³-hybridized carbons (Fsp3) is 0.292. The van der Waals surface area contributed by atoms with Crippen LogP contribution in [0.2, 0.25) is 0 Å². The Morgan fingerprint density at radius 1 is 1.18 bits per heavy atom. The molecule has 1 aliphatic rings. The molecule has 9 heteroatoms. The number of benzene rings is 2. The van der Waals surface area contributed by atoms with Gasteiger partial charge in [-0.2, -0.15) is 0 Å². The zero-order valence-electron chi connectivity index (χ0n) is 18.7. The van der Waals surface area contributed by atoms with Crippen molar-refractivity contribution >= 4 is 41.8 Å². The first kappa shape index (κ1) is 26.2. The Labute approximate surface area is 211 Å². The first-order chi connectivity index (χ1) is 15.6. The number of halogens is 1. The molecule has 3 N–H and O–H groups in total. The maximum atomic E-state index is 12.6. The number of piperazine rings is 1. The van der Waals surface area contributed by atoms with Gasteiger partial charge in [0.2, 0.25) is 5.91 Å². The Bertz CT molecular complexity index is 978. The molecule has 2 aromatic rings. The first-order valence-electron chi connectivity index (χ1n) is 10.5. The Morgan fingerprint density at radius 3 is 2.61 bits per heavy atom. The van der Waals surface area contributed by atoms with E-state index in [0.29, 0.717) is 44.3 Å². The molecule has 0 unspecified atom stereocenters. The quantitative estimate of drug-likeness (QED) is 0.199. The summed E-state index contributed by atoms with van der Waals surface area (Å²) in [5, 5.41) is 9.28. The molecule has 1 fully saturated rings. The van der Waals surface area contributed by atoms with Crippen LogP contribution in [0.4, 0.5) is 0 Å². The molecule has 8 nitrogen and oxygen atoms in total. The lowest BCUT2D eigenvalue weighted by molar-refractivity contribution is -0.123. The second-order valence-corrected chi connectivity index (χ2v) is 7.26. The highest BCUT2D eigenvalue weighted by Crippen LogP contribution is 2.17. The summed E-state index contributed by atoms with van der Waals surface area (Å²) in [6.45, 7) is 6.36. The van der Waals surface area contributed by atoms with Crippen LogP contribution < -0.4 is 20.7 Å². The minimum Gasteiger partial charge on any atom is -0.489 e. The number of aliphatic imine (C=N–C) groups is 1. The number of carbonyl (C=O) groups is 2. The van der Waals surface area contributed by atoms with E-state index in [2.05, 4.69) is 27.5 Å². The average Bonchev–Trinajstić information content (AvgIpc) is 2.83. The van der Waals surface area contributed by atoms with Gasteiger partial charge in [0, 0.05) is 44.4 Å². The maximum Gasteiger partial charge on any atom is 0.254 e. The van der Waals surface area contributed by atoms with Gasteiger partial charge in [-0.25, -0.2) is 0 Å². The van der Waals surface area contributed by atoms with Crippen molar-refractivity contribution in [2.75, 3.05) is 33.3 Å². The molecule has 0 aromatic heterocycles. The van der Waals surface area contributed by atoms with Gasteiger partial charge in [0.25, 0.3) is 5.91 Å². The standard InChI is InChI=1S/C24H29N5O3.HI/c1-3-14-32-21-7-5-4-6-20(21)16-28-24(25-2)27-15-18-8-10-19(11-9-18)23(31)29-13-12-26-22(30)17-29;/h3-11H,1,12-17H2,2H3,(H,26,30)(H2,25,27,28);1H. The van der Waals surface area contributed by atoms with E-state index in [-0.39, 0.29) is 42.3 Å². The zero-order valence-corrected chi connectivity index (χ0v) is 21.0. The first-order valence-corrected chi connectivity index (χ1v) is 10.5. The molecular weight excluding hydrogens is 533 g/mol. The molecule has 0 bridgehead atoms. The zero-order chi connectivity index (χ0) is 22.8. The molecule has 0 spiro atoms. The fourth-order valence-electron chi connectivity index (χ4n) is 3.28. The van der Waals surface area contributed by atoms with Crippen molar-refractivity contribution in [3.05, 3.63) is 77.9 Å². The topological polar surface area (TPSA) is 95.1 Å². The summed E-state index contributed by atoms with van der Waals surface area (Å²) in [6, 6.07) is 15.2. The molecule has 1 saturated heterocycles. The van der Waals surface area contributed by atoms with E-state index in [0.717, 1.165) is 16.9 Å². The van der Waals surface area contributed by atoms with Crippen LogP contribution in [0.15, 0.2) is 66.2 Å². The molecule has 33 heavy (non-hydrogen) atoms. The minimum atomic E-state index is -0.130. The summed E-state index contributed by atoms with van der Waals surface area (Å²) in [4.78, 5) is 29.9. The summed E-state index contributed by atoms with van der Waals surface area (Å²) in [5.41, 5.74) is 2.60. The molecule has 1 aliphatic heterocycles. The molecule has 0 aliphatic carbocycles. The number of nitrogens with one attached hydrogen (secondary N) is 3. The smallest absolute Gasteiger partial charge is 0.254 e. The van der Waals surface area contributed by atoms with Gasteiger partial charge in [-0.1, -0.05) is 43.0 Å². The maximum absolute atomic E-state index is 12.6. The molecule has 176 valence electrons. The summed E-state index contributed by atoms with van der Waals surface area (Å²) in [7, 11) is 1.71. The third-order valence-electron chi connectivity index (χ3n) is 4.99. The SMILES string of the molecule is C=CCOc1ccccc1CNC(=NC)NCc1ccc(C(=O)N2CCNC(=O)C2)cc1.I. The van der Waals surface area contributed by atoms with Crippen LogP contribution in [0.3, 0.4) is 0 Å². The molecule has 0 atom stereocenters. The predicted molar refractivity (Wildman–Crippen MR) is 140 cm³/mol. The van der Waals surface area contributed by atoms with E-state index < -0.39 is 0 Å². The van der Waals surface area contributed by atoms with Crippen molar-refractivity contribution in [2.24, 2.45) is 4.99 Å². The van der Waals surface area contributed by atoms with Crippen molar-refractivity contribution < 1.29 is 14.3 Å². The van der Waals surface area contributed by atoms with Gasteiger partial charge in [0.1, 0.15) is 12.4 Å². The lowest BCUT2D eigenvalue weighted by atomic mass is 10.1. The van der Waals surface area contributed by atoms with Gasteiger partial charge in [0.15, 0.2) is 5.96 Å². The van der Waals surface area contributed by atoms with Crippen LogP contribution in [0, 0.1) is 0 Å². The van der Waals surface area contributed by atoms with Crippen LogP contribution in [0.25, 0.3) is 0 Å². The largest absolute Gasteiger partial charge is 0.489 e. The van der Waals surface area contributed by atoms with Crippen molar-refractivity contribution in [1.82, 2.24) is 20.9 Å². The predicted octanol–water partition coefficient (Wildman–Crippen LogP) is 2.31. The molecular formula is C24H30IN5O3. The number of rotatable bonds is 8. The number of ether oxygens (including phenoxy) is 1. The number of guanidine groups is 1. The third-order valence-corrected chi connectivity index (χ3v) is 4.99. The molecule has 3 rings (SSSR count). The number of para-hydroxylation sites is 1. The molecule has 0 saturated carbocycles. The van der Waals surface area contributed by atoms with E-state index >= 15 is 0 Å². The van der Waals surface area contributed by atoms with Gasteiger partial charge < -0.3 is 25.6 Å². The van der Waals surface area contributed by atoms with Crippen LogP contribution in [0.5, 0.6) is 5.75 Å². The number of carbonyl (C=O) groups excluding carboxylic acids is 2. The third kappa shape index (κ3) is 7.77. The number of amides is 2. The lowest BCUT2D eigenvalue weighted by Gasteiger charge is -2.26. The van der Waals surface area contributed by atoms with E-state index in [9.17, 15) is 9.59 Å². The van der Waals surface area contributed by atoms with Gasteiger partial charge in [-0.05, 0) is 23.8 Å². The number of hydrogen-bond donors (Lipinski definition) is 3. The summed E-state index contributed by atoms with van der Waals surface area (Å²) < 4.78 is 5.69. The highest BCUT2D eigenvalue weighted by atomic mass is 127. The van der Waals surface area contributed by atoms with Crippen molar-refractivity contribution in [3.8, 4) is 5.75 Å². The van der Waals surface area contributed by atoms with Crippen molar-refractivity contribution in [2.45, 2.75) is 13.1 Å². The van der Waals surface area contributed by atoms with Gasteiger partial charge in [-0.15, -0.1) is 24.0 Å². The van der Waals surface area contributed by atoms with Gasteiger partial charge in [0.05, 0.1) is 6.54 Å².